The third-order valence-corrected chi connectivity index (χ3v) is 8.57. The van der Waals surface area contributed by atoms with Crippen molar-refractivity contribution in [2.45, 2.75) is 77.0 Å². The van der Waals surface area contributed by atoms with E-state index in [1.165, 1.54) is 13.0 Å². The topological polar surface area (TPSA) is 143 Å². The number of hydrogen-bond donors (Lipinski definition) is 3. The second-order valence-electron chi connectivity index (χ2n) is 10.3. The van der Waals surface area contributed by atoms with Gasteiger partial charge in [0, 0.05) is 31.3 Å². The Labute approximate surface area is 231 Å². The normalized spacial score (nSPS) is 22.5. The molecule has 12 heteroatoms. The maximum atomic E-state index is 14.1. The van der Waals surface area contributed by atoms with Crippen molar-refractivity contribution in [2.24, 2.45) is 5.92 Å². The van der Waals surface area contributed by atoms with E-state index in [0.717, 1.165) is 19.3 Å². The van der Waals surface area contributed by atoms with Gasteiger partial charge in [-0.15, -0.1) is 0 Å². The van der Waals surface area contributed by atoms with Gasteiger partial charge in [0.1, 0.15) is 11.4 Å². The minimum Gasteiger partial charge on any atom is -0.490 e. The van der Waals surface area contributed by atoms with Gasteiger partial charge in [-0.1, -0.05) is 12.1 Å². The first kappa shape index (κ1) is 30.9. The molecule has 11 nitrogen and oxygen atoms in total. The first-order valence-electron chi connectivity index (χ1n) is 13.4. The molecule has 4 atom stereocenters. The molecule has 0 spiro atoms. The second-order valence-corrected chi connectivity index (χ2v) is 11.9. The van der Waals surface area contributed by atoms with Gasteiger partial charge in [-0.2, -0.15) is 0 Å². The largest absolute Gasteiger partial charge is 0.490 e. The average Bonchev–Trinajstić information content (AvgIpc) is 3.24. The van der Waals surface area contributed by atoms with Crippen LogP contribution in [0.5, 0.6) is 5.75 Å². The van der Waals surface area contributed by atoms with Crippen molar-refractivity contribution in [1.29, 1.82) is 0 Å². The molecule has 1 amide bonds. The molecule has 0 saturated carbocycles. The molecule has 1 aromatic heterocycles. The molecular formula is C27H42N4O7S. The fourth-order valence-corrected chi connectivity index (χ4v) is 6.12. The van der Waals surface area contributed by atoms with E-state index < -0.39 is 16.1 Å². The molecule has 39 heavy (non-hydrogen) atoms. The Morgan fingerprint density at radius 3 is 2.62 bits per heavy atom. The van der Waals surface area contributed by atoms with Crippen LogP contribution in [0.15, 0.2) is 27.6 Å². The van der Waals surface area contributed by atoms with Crippen LogP contribution in [0.4, 0.5) is 5.69 Å². The lowest BCUT2D eigenvalue weighted by Gasteiger charge is -2.34. The van der Waals surface area contributed by atoms with Crippen LogP contribution in [-0.4, -0.2) is 81.1 Å². The van der Waals surface area contributed by atoms with Crippen LogP contribution < -0.4 is 14.8 Å². The van der Waals surface area contributed by atoms with E-state index in [-0.39, 0.29) is 58.2 Å². The highest BCUT2D eigenvalue weighted by Gasteiger charge is 2.30. The minimum atomic E-state index is -4.03. The first-order valence-corrected chi connectivity index (χ1v) is 14.9. The summed E-state index contributed by atoms with van der Waals surface area (Å²) in [5, 5.41) is 16.9. The van der Waals surface area contributed by atoms with Crippen molar-refractivity contribution >= 4 is 21.6 Å². The molecule has 0 radical (unpaired) electrons. The third-order valence-electron chi connectivity index (χ3n) is 6.95. The number of anilines is 1. The summed E-state index contributed by atoms with van der Waals surface area (Å²) in [6, 6.07) is 4.17. The number of nitrogens with zero attached hydrogens (tertiary/aromatic N) is 2. The van der Waals surface area contributed by atoms with Crippen molar-refractivity contribution in [1.82, 2.24) is 15.4 Å². The van der Waals surface area contributed by atoms with Crippen molar-refractivity contribution in [3.63, 3.8) is 0 Å². The molecule has 0 bridgehead atoms. The lowest BCUT2D eigenvalue weighted by molar-refractivity contribution is -0.000450. The zero-order valence-electron chi connectivity index (χ0n) is 23.7. The van der Waals surface area contributed by atoms with Gasteiger partial charge in [0.15, 0.2) is 10.7 Å². The second kappa shape index (κ2) is 13.6. The molecule has 218 valence electrons. The van der Waals surface area contributed by atoms with Gasteiger partial charge in [0.25, 0.3) is 15.9 Å². The van der Waals surface area contributed by atoms with Crippen LogP contribution in [0.2, 0.25) is 0 Å². The predicted octanol–water partition coefficient (Wildman–Crippen LogP) is 3.11. The monoisotopic (exact) mass is 566 g/mol. The molecule has 2 heterocycles. The number of fused-ring (bicyclic) bond motifs is 1. The number of carbonyl (C=O) groups is 1. The smallest absolute Gasteiger partial charge is 0.267 e. The molecule has 0 aliphatic carbocycles. The van der Waals surface area contributed by atoms with E-state index in [1.807, 2.05) is 20.9 Å². The number of benzene rings is 1. The number of aliphatic hydroxyl groups excluding tert-OH is 1. The Kier molecular flexibility index (Phi) is 10.8. The number of hydrogen-bond acceptors (Lipinski definition) is 9. The maximum Gasteiger partial charge on any atom is 0.267 e. The summed E-state index contributed by atoms with van der Waals surface area (Å²) < 4.78 is 46.3. The molecule has 3 N–H and O–H groups in total. The number of amides is 1. The number of rotatable bonds is 7. The standard InChI is InChI=1S/C27H42N4O7S/c1-17-15-31(18(2)16-32)27(33)23-13-22(30-39(34,35)26-20(4)29-38-21(26)5)10-11-24(23)37-19(3)9-7-8-12-36-25(17)14-28-6/h10-11,13,17-19,25,28,30,32H,7-9,12,14-16H2,1-6H3/t17-,18+,19+,25-/m0/s1. The molecular weight excluding hydrogens is 524 g/mol. The van der Waals surface area contributed by atoms with E-state index in [1.54, 1.807) is 30.9 Å². The first-order chi connectivity index (χ1) is 18.5. The number of aryl methyl sites for hydroxylation is 2. The van der Waals surface area contributed by atoms with Crippen molar-refractivity contribution < 1.29 is 32.3 Å². The van der Waals surface area contributed by atoms with Crippen molar-refractivity contribution in [2.75, 3.05) is 38.1 Å². The Bertz CT molecular complexity index is 1200. The van der Waals surface area contributed by atoms with Crippen molar-refractivity contribution in [3.8, 4) is 5.75 Å². The summed E-state index contributed by atoms with van der Waals surface area (Å²) in [7, 11) is -2.17. The highest BCUT2D eigenvalue weighted by atomic mass is 32.2. The Balaban J connectivity index is 2.04. The maximum absolute atomic E-state index is 14.1. The summed E-state index contributed by atoms with van der Waals surface area (Å²) in [6.45, 7) is 10.1. The van der Waals surface area contributed by atoms with Crippen LogP contribution in [0.3, 0.4) is 0 Å². The van der Waals surface area contributed by atoms with Gasteiger partial charge in [-0.3, -0.25) is 9.52 Å². The molecule has 1 aliphatic heterocycles. The zero-order chi connectivity index (χ0) is 28.7. The van der Waals surface area contributed by atoms with Crippen LogP contribution in [0, 0.1) is 19.8 Å². The van der Waals surface area contributed by atoms with E-state index in [4.69, 9.17) is 14.0 Å². The molecule has 2 aromatic rings. The number of nitrogens with one attached hydrogen (secondary N) is 2. The Morgan fingerprint density at radius 2 is 1.97 bits per heavy atom. The SMILES string of the molecule is CNC[C@@H]1OCCCC[C@@H](C)Oc2ccc(NS(=O)(=O)c3c(C)noc3C)cc2C(=O)N([C@H](C)CO)C[C@@H]1C. The van der Waals surface area contributed by atoms with E-state index in [2.05, 4.69) is 15.2 Å². The summed E-state index contributed by atoms with van der Waals surface area (Å²) in [6.07, 6.45) is 2.24. The lowest BCUT2D eigenvalue weighted by Crippen LogP contribution is -2.47. The van der Waals surface area contributed by atoms with Gasteiger partial charge in [0.2, 0.25) is 0 Å². The number of sulfonamides is 1. The molecule has 0 fully saturated rings. The Morgan fingerprint density at radius 1 is 1.23 bits per heavy atom. The van der Waals surface area contributed by atoms with E-state index in [0.29, 0.717) is 25.4 Å². The fourth-order valence-electron chi connectivity index (χ4n) is 4.74. The van der Waals surface area contributed by atoms with Crippen molar-refractivity contribution in [3.05, 3.63) is 35.2 Å². The minimum absolute atomic E-state index is 0.0390. The van der Waals surface area contributed by atoms with Gasteiger partial charge in [-0.05, 0) is 72.2 Å². The number of aliphatic hydroxyl groups is 1. The molecule has 0 unspecified atom stereocenters. The van der Waals surface area contributed by atoms with Crippen LogP contribution in [0.1, 0.15) is 61.8 Å². The Hall–Kier alpha value is -2.67. The summed E-state index contributed by atoms with van der Waals surface area (Å²) in [4.78, 5) is 15.6. The van der Waals surface area contributed by atoms with Gasteiger partial charge >= 0.3 is 0 Å². The number of carbonyl (C=O) groups excluding carboxylic acids is 1. The number of ether oxygens (including phenoxy) is 2. The van der Waals surface area contributed by atoms with E-state index >= 15 is 0 Å². The zero-order valence-corrected chi connectivity index (χ0v) is 24.5. The van der Waals surface area contributed by atoms with Crippen LogP contribution in [-0.2, 0) is 14.8 Å². The number of likely N-dealkylation sites (N-methyl/N-ethyl adjacent to an activating group) is 1. The summed E-state index contributed by atoms with van der Waals surface area (Å²) in [5.41, 5.74) is 0.638. The van der Waals surface area contributed by atoms with Crippen LogP contribution in [0.25, 0.3) is 0 Å². The third kappa shape index (κ3) is 7.71. The highest BCUT2D eigenvalue weighted by molar-refractivity contribution is 7.92. The molecule has 3 rings (SSSR count). The summed E-state index contributed by atoms with van der Waals surface area (Å²) in [5.74, 6) is 0.115. The molecule has 0 saturated heterocycles. The predicted molar refractivity (Wildman–Crippen MR) is 148 cm³/mol. The molecule has 1 aromatic carbocycles. The fraction of sp³-hybridized carbons (Fsp3) is 0.630. The van der Waals surface area contributed by atoms with Gasteiger partial charge in [-0.25, -0.2) is 8.42 Å². The average molecular weight is 567 g/mol. The quantitative estimate of drug-likeness (QED) is 0.461. The van der Waals surface area contributed by atoms with Crippen LogP contribution >= 0.6 is 0 Å². The highest BCUT2D eigenvalue weighted by Crippen LogP contribution is 2.30. The molecule has 1 aliphatic rings. The number of aromatic nitrogens is 1. The summed E-state index contributed by atoms with van der Waals surface area (Å²) >= 11 is 0. The lowest BCUT2D eigenvalue weighted by atomic mass is 10.0. The van der Waals surface area contributed by atoms with Gasteiger partial charge < -0.3 is 29.3 Å². The van der Waals surface area contributed by atoms with E-state index in [9.17, 15) is 18.3 Å². The van der Waals surface area contributed by atoms with Gasteiger partial charge in [0.05, 0.1) is 30.4 Å².